The van der Waals surface area contributed by atoms with Crippen LogP contribution in [0.15, 0.2) is 169 Å². The summed E-state index contributed by atoms with van der Waals surface area (Å²) in [6, 6.07) is 48.6. The van der Waals surface area contributed by atoms with Crippen LogP contribution in [0.4, 0.5) is 17.1 Å². The van der Waals surface area contributed by atoms with Crippen molar-refractivity contribution in [1.82, 2.24) is 0 Å². The van der Waals surface area contributed by atoms with E-state index < -0.39 is 9.07 Å². The molecule has 0 amide bonds. The summed E-state index contributed by atoms with van der Waals surface area (Å²) in [6.45, 7) is 0. The van der Waals surface area contributed by atoms with Gasteiger partial charge in [-0.05, 0) is 77.4 Å². The maximum absolute atomic E-state index is 16.5. The largest absolute Gasteiger partial charge is 0.308 e. The summed E-state index contributed by atoms with van der Waals surface area (Å²) < 4.78 is 16.5. The Morgan fingerprint density at radius 2 is 0.875 bits per heavy atom. The smallest absolute Gasteiger partial charge is 0.0601 e. The lowest BCUT2D eigenvalue weighted by Crippen LogP contribution is -2.30. The van der Waals surface area contributed by atoms with Gasteiger partial charge in [-0.3, -0.25) is 4.21 Å². The van der Waals surface area contributed by atoms with Crippen molar-refractivity contribution in [3.8, 4) is 22.3 Å². The van der Waals surface area contributed by atoms with E-state index in [1.54, 1.807) is 0 Å². The first-order chi connectivity index (χ1) is 19.7. The predicted molar refractivity (Wildman–Crippen MR) is 164 cm³/mol. The van der Waals surface area contributed by atoms with Crippen molar-refractivity contribution in [2.24, 2.45) is 0 Å². The first-order valence-corrected chi connectivity index (χ1v) is 16.2. The number of nitrogens with zero attached hydrogens (tertiary/aromatic N) is 1. The van der Waals surface area contributed by atoms with E-state index in [2.05, 4.69) is 126 Å². The molecule has 0 unspecified atom stereocenters. The number of hydrogen-bond acceptors (Lipinski definition) is 3. The third-order valence-electron chi connectivity index (χ3n) is 8.57. The summed E-state index contributed by atoms with van der Waals surface area (Å²) in [4.78, 5) is 8.47. The molecule has 40 heavy (non-hydrogen) atoms. The fourth-order valence-electron chi connectivity index (χ4n) is 6.99. The molecule has 0 saturated heterocycles. The van der Waals surface area contributed by atoms with E-state index in [1.807, 2.05) is 30.0 Å². The van der Waals surface area contributed by atoms with Gasteiger partial charge in [0, 0.05) is 49.7 Å². The Balaban J connectivity index is 1.38. The molecule has 0 aliphatic carbocycles. The molecule has 0 radical (unpaired) electrons. The summed E-state index contributed by atoms with van der Waals surface area (Å²) in [5.74, 6) is 0. The minimum absolute atomic E-state index is 0.910. The first kappa shape index (κ1) is 22.4. The zero-order chi connectivity index (χ0) is 26.5. The number of anilines is 3. The van der Waals surface area contributed by atoms with Gasteiger partial charge in [-0.15, -0.1) is 0 Å². The second-order valence-corrected chi connectivity index (χ2v) is 15.2. The Labute approximate surface area is 237 Å². The number of hydrogen-bond donors (Lipinski definition) is 0. The van der Waals surface area contributed by atoms with Crippen LogP contribution in [-0.2, 0) is 9.07 Å². The Bertz CT molecular complexity index is 2030. The van der Waals surface area contributed by atoms with Gasteiger partial charge in [0.25, 0.3) is 0 Å². The van der Waals surface area contributed by atoms with Gasteiger partial charge in [0.1, 0.15) is 0 Å². The predicted octanol–water partition coefficient (Wildman–Crippen LogP) is 9.94. The van der Waals surface area contributed by atoms with Crippen molar-refractivity contribution >= 4 is 37.9 Å². The van der Waals surface area contributed by atoms with Crippen LogP contribution in [0.25, 0.3) is 22.3 Å². The summed E-state index contributed by atoms with van der Waals surface area (Å²) in [5, 5.41) is 0. The van der Waals surface area contributed by atoms with Gasteiger partial charge in [0.05, 0.1) is 11.4 Å². The van der Waals surface area contributed by atoms with E-state index in [9.17, 15) is 0 Å². The molecule has 0 fully saturated rings. The lowest BCUT2D eigenvalue weighted by molar-refractivity contribution is 0.658. The number of rotatable bonds is 1. The maximum Gasteiger partial charge on any atom is 0.0601 e. The van der Waals surface area contributed by atoms with E-state index in [0.29, 0.717) is 0 Å². The van der Waals surface area contributed by atoms with Crippen LogP contribution >= 0.6 is 11.8 Å². The number of fused-ring (bicyclic) bond motifs is 12. The van der Waals surface area contributed by atoms with Gasteiger partial charge in [0.2, 0.25) is 0 Å². The molecule has 0 saturated carbocycles. The highest BCUT2D eigenvalue weighted by Crippen LogP contribution is 2.71. The van der Waals surface area contributed by atoms with Crippen molar-refractivity contribution in [3.63, 3.8) is 0 Å². The van der Waals surface area contributed by atoms with Crippen molar-refractivity contribution in [2.45, 2.75) is 29.4 Å². The van der Waals surface area contributed by atoms with Crippen molar-refractivity contribution in [3.05, 3.63) is 140 Å². The molecule has 0 aromatic heterocycles. The molecule has 3 heterocycles. The highest BCUT2D eigenvalue weighted by molar-refractivity contribution is 8.21. The van der Waals surface area contributed by atoms with Gasteiger partial charge in [0.15, 0.2) is 0 Å². The van der Waals surface area contributed by atoms with Gasteiger partial charge in [-0.2, -0.15) is 0 Å². The zero-order valence-electron chi connectivity index (χ0n) is 21.5. The standard InChI is InChI=1S/C36H23NOS2/c38-40(33-18-8-1-11-25(33)26-12-2-9-19-34(26)40)35-20-10-3-13-27(35)28-23-24(21-22-36(28)40)37-29-14-4-6-16-31(29)39-32-17-7-5-15-30(32)37/h1-23H. The molecule has 4 heteroatoms. The molecular formula is C36H23NOS2. The Hall–Kier alpha value is -4.38. The molecule has 2 nitrogen and oxygen atoms in total. The molecule has 190 valence electrons. The van der Waals surface area contributed by atoms with Crippen molar-refractivity contribution in [2.75, 3.05) is 4.90 Å². The second kappa shape index (κ2) is 7.63. The molecule has 6 aromatic carbocycles. The average molecular weight is 550 g/mol. The molecular weight excluding hydrogens is 527 g/mol. The lowest BCUT2D eigenvalue weighted by atomic mass is 10.0. The topological polar surface area (TPSA) is 20.3 Å². The highest BCUT2D eigenvalue weighted by atomic mass is 32.3. The Morgan fingerprint density at radius 1 is 0.450 bits per heavy atom. The third-order valence-corrected chi connectivity index (χ3v) is 14.5. The Kier molecular flexibility index (Phi) is 4.28. The van der Waals surface area contributed by atoms with E-state index in [4.69, 9.17) is 0 Å². The summed E-state index contributed by atoms with van der Waals surface area (Å²) in [6.07, 6.45) is 0. The van der Waals surface area contributed by atoms with Gasteiger partial charge in [-0.1, -0.05) is 90.6 Å². The van der Waals surface area contributed by atoms with Crippen molar-refractivity contribution < 1.29 is 4.21 Å². The fraction of sp³-hybridized carbons (Fsp3) is 0. The number of para-hydroxylation sites is 2. The van der Waals surface area contributed by atoms with Crippen LogP contribution in [0, 0.1) is 0 Å². The molecule has 0 N–H and O–H groups in total. The average Bonchev–Trinajstić information content (AvgIpc) is 3.40. The summed E-state index contributed by atoms with van der Waals surface area (Å²) in [7, 11) is -3.81. The van der Waals surface area contributed by atoms with E-state index in [1.165, 1.54) is 9.79 Å². The van der Waals surface area contributed by atoms with Crippen LogP contribution in [0.3, 0.4) is 0 Å². The first-order valence-electron chi connectivity index (χ1n) is 13.4. The third kappa shape index (κ3) is 2.50. The molecule has 3 aliphatic rings. The highest BCUT2D eigenvalue weighted by Gasteiger charge is 2.57. The molecule has 1 spiro atoms. The number of benzene rings is 6. The Morgan fingerprint density at radius 3 is 1.43 bits per heavy atom. The van der Waals surface area contributed by atoms with Crippen LogP contribution in [0.5, 0.6) is 0 Å². The van der Waals surface area contributed by atoms with E-state index >= 15 is 4.21 Å². The van der Waals surface area contributed by atoms with Crippen LogP contribution < -0.4 is 4.90 Å². The molecule has 9 rings (SSSR count). The molecule has 6 aromatic rings. The maximum atomic E-state index is 16.5. The van der Waals surface area contributed by atoms with Crippen LogP contribution in [0.1, 0.15) is 0 Å². The second-order valence-electron chi connectivity index (χ2n) is 10.5. The SMILES string of the molecule is O=S12(c3ccccc3-c3ccccc31)c1ccccc1-c1cc(N3c4ccccc4Sc4ccccc43)ccc12. The molecule has 0 bridgehead atoms. The minimum Gasteiger partial charge on any atom is -0.308 e. The molecule has 3 aliphatic heterocycles. The van der Waals surface area contributed by atoms with Gasteiger partial charge >= 0.3 is 0 Å². The van der Waals surface area contributed by atoms with E-state index in [-0.39, 0.29) is 0 Å². The fourth-order valence-corrected chi connectivity index (χ4v) is 13.2. The summed E-state index contributed by atoms with van der Waals surface area (Å²) >= 11 is 1.81. The molecule has 0 atom stereocenters. The summed E-state index contributed by atoms with van der Waals surface area (Å²) in [5.41, 5.74) is 7.62. The quantitative estimate of drug-likeness (QED) is 0.203. The normalized spacial score (nSPS) is 17.0. The van der Waals surface area contributed by atoms with E-state index in [0.717, 1.165) is 58.9 Å². The minimum atomic E-state index is -3.81. The van der Waals surface area contributed by atoms with Crippen LogP contribution in [0.2, 0.25) is 0 Å². The van der Waals surface area contributed by atoms with Crippen LogP contribution in [-0.4, -0.2) is 4.21 Å². The lowest BCUT2D eigenvalue weighted by Gasteiger charge is -2.39. The monoisotopic (exact) mass is 549 g/mol. The van der Waals surface area contributed by atoms with Gasteiger partial charge in [-0.25, -0.2) is 0 Å². The van der Waals surface area contributed by atoms with Crippen molar-refractivity contribution in [1.29, 1.82) is 0 Å². The zero-order valence-corrected chi connectivity index (χ0v) is 23.1. The van der Waals surface area contributed by atoms with Gasteiger partial charge < -0.3 is 4.90 Å².